The smallest absolute Gasteiger partial charge is 0.216 e. The number of aliphatic hydroxyl groups excluding tert-OH is 1. The molecule has 0 aliphatic rings. The van der Waals surface area contributed by atoms with E-state index in [2.05, 4.69) is 16.4 Å². The highest BCUT2D eigenvalue weighted by Gasteiger charge is 2.10. The highest BCUT2D eigenvalue weighted by molar-refractivity contribution is 6.07. The average Bonchev–Trinajstić information content (AvgIpc) is 2.82. The van der Waals surface area contributed by atoms with E-state index in [4.69, 9.17) is 0 Å². The van der Waals surface area contributed by atoms with E-state index in [1.165, 1.54) is 12.3 Å². The number of nitrogens with one attached hydrogen (secondary N) is 2. The van der Waals surface area contributed by atoms with Gasteiger partial charge >= 0.3 is 0 Å². The number of carbonyl (C=O) groups is 1. The van der Waals surface area contributed by atoms with Gasteiger partial charge < -0.3 is 15.4 Å². The lowest BCUT2D eigenvalue weighted by atomic mass is 10.1. The first-order valence-electron chi connectivity index (χ1n) is 6.58. The highest BCUT2D eigenvalue weighted by atomic mass is 16.3. The van der Waals surface area contributed by atoms with Gasteiger partial charge in [0.15, 0.2) is 0 Å². The summed E-state index contributed by atoms with van der Waals surface area (Å²) in [7, 11) is 0. The average molecular weight is 268 g/mol. The molecule has 0 saturated carbocycles. The number of aliphatic hydroxyl groups is 1. The summed E-state index contributed by atoms with van der Waals surface area (Å²) in [5.41, 5.74) is 2.86. The predicted octanol–water partition coefficient (Wildman–Crippen LogP) is 2.49. The number of para-hydroxylation sites is 1. The number of hydrogen-bond acceptors (Lipinski definition) is 2. The first-order chi connectivity index (χ1) is 9.65. The molecule has 0 fully saturated rings. The second-order valence-electron chi connectivity index (χ2n) is 4.93. The monoisotopic (exact) mass is 268 g/mol. The minimum atomic E-state index is -0.699. The van der Waals surface area contributed by atoms with Crippen molar-refractivity contribution in [2.45, 2.75) is 13.0 Å². The van der Waals surface area contributed by atoms with Crippen LogP contribution in [0, 0.1) is 0 Å². The van der Waals surface area contributed by atoms with Crippen molar-refractivity contribution in [1.82, 2.24) is 10.3 Å². The summed E-state index contributed by atoms with van der Waals surface area (Å²) < 4.78 is 0. The fourth-order valence-electron chi connectivity index (χ4n) is 2.44. The van der Waals surface area contributed by atoms with Crippen molar-refractivity contribution in [3.05, 3.63) is 48.0 Å². The summed E-state index contributed by atoms with van der Waals surface area (Å²) in [6.07, 6.45) is -0.699. The topological polar surface area (TPSA) is 65.1 Å². The van der Waals surface area contributed by atoms with Crippen molar-refractivity contribution in [2.75, 3.05) is 6.54 Å². The van der Waals surface area contributed by atoms with Crippen LogP contribution in [0.2, 0.25) is 0 Å². The SMILES string of the molecule is CC(=O)NC[C@@H](O)c1ccc2c(c1)[nH]c1ccccc12. The van der Waals surface area contributed by atoms with Crippen LogP contribution in [0.4, 0.5) is 0 Å². The van der Waals surface area contributed by atoms with Gasteiger partial charge in [-0.2, -0.15) is 0 Å². The molecule has 0 spiro atoms. The number of aromatic amines is 1. The second kappa shape index (κ2) is 4.98. The summed E-state index contributed by atoms with van der Waals surface area (Å²) in [4.78, 5) is 14.2. The van der Waals surface area contributed by atoms with Gasteiger partial charge in [-0.1, -0.05) is 30.3 Å². The van der Waals surface area contributed by atoms with Crippen LogP contribution in [0.5, 0.6) is 0 Å². The molecular weight excluding hydrogens is 252 g/mol. The second-order valence-corrected chi connectivity index (χ2v) is 4.93. The lowest BCUT2D eigenvalue weighted by Crippen LogP contribution is -2.25. The zero-order chi connectivity index (χ0) is 14.1. The lowest BCUT2D eigenvalue weighted by molar-refractivity contribution is -0.119. The number of aromatic nitrogens is 1. The van der Waals surface area contributed by atoms with E-state index in [0.29, 0.717) is 0 Å². The van der Waals surface area contributed by atoms with Crippen molar-refractivity contribution in [3.8, 4) is 0 Å². The number of fused-ring (bicyclic) bond motifs is 3. The van der Waals surface area contributed by atoms with Crippen LogP contribution in [-0.4, -0.2) is 22.5 Å². The van der Waals surface area contributed by atoms with Gasteiger partial charge in [0, 0.05) is 35.3 Å². The third-order valence-electron chi connectivity index (χ3n) is 3.46. The number of hydrogen-bond donors (Lipinski definition) is 3. The van der Waals surface area contributed by atoms with Crippen molar-refractivity contribution in [3.63, 3.8) is 0 Å². The Hall–Kier alpha value is -2.33. The van der Waals surface area contributed by atoms with E-state index in [-0.39, 0.29) is 12.5 Å². The molecule has 0 aliphatic heterocycles. The molecule has 3 N–H and O–H groups in total. The molecule has 4 heteroatoms. The minimum absolute atomic E-state index is 0.143. The molecule has 102 valence electrons. The number of H-pyrrole nitrogens is 1. The van der Waals surface area contributed by atoms with Gasteiger partial charge in [0.1, 0.15) is 0 Å². The number of rotatable bonds is 3. The normalized spacial score (nSPS) is 12.7. The summed E-state index contributed by atoms with van der Waals surface area (Å²) in [5.74, 6) is -0.143. The van der Waals surface area contributed by atoms with Crippen molar-refractivity contribution < 1.29 is 9.90 Å². The Morgan fingerprint density at radius 2 is 1.95 bits per heavy atom. The summed E-state index contributed by atoms with van der Waals surface area (Å²) in [6, 6.07) is 13.9. The highest BCUT2D eigenvalue weighted by Crippen LogP contribution is 2.27. The maximum atomic E-state index is 10.9. The number of amides is 1. The summed E-state index contributed by atoms with van der Waals surface area (Å²) >= 11 is 0. The molecule has 1 aromatic heterocycles. The largest absolute Gasteiger partial charge is 0.387 e. The summed E-state index contributed by atoms with van der Waals surface area (Å²) in [5, 5.41) is 15.0. The molecular formula is C16H16N2O2. The molecule has 3 rings (SSSR count). The molecule has 0 saturated heterocycles. The number of benzene rings is 2. The van der Waals surface area contributed by atoms with Gasteiger partial charge in [0.2, 0.25) is 5.91 Å². The van der Waals surface area contributed by atoms with E-state index >= 15 is 0 Å². The van der Waals surface area contributed by atoms with Crippen LogP contribution < -0.4 is 5.32 Å². The van der Waals surface area contributed by atoms with Gasteiger partial charge in [-0.25, -0.2) is 0 Å². The van der Waals surface area contributed by atoms with Gasteiger partial charge in [0.25, 0.3) is 0 Å². The van der Waals surface area contributed by atoms with E-state index in [1.807, 2.05) is 36.4 Å². The third kappa shape index (κ3) is 2.26. The van der Waals surface area contributed by atoms with E-state index in [9.17, 15) is 9.90 Å². The summed E-state index contributed by atoms with van der Waals surface area (Å²) in [6.45, 7) is 1.66. The molecule has 0 unspecified atom stereocenters. The molecule has 4 nitrogen and oxygen atoms in total. The number of carbonyl (C=O) groups excluding carboxylic acids is 1. The Kier molecular flexibility index (Phi) is 3.16. The zero-order valence-corrected chi connectivity index (χ0v) is 11.2. The molecule has 1 amide bonds. The molecule has 2 aromatic carbocycles. The van der Waals surface area contributed by atoms with Gasteiger partial charge in [-0.05, 0) is 17.7 Å². The van der Waals surface area contributed by atoms with E-state index < -0.39 is 6.10 Å². The zero-order valence-electron chi connectivity index (χ0n) is 11.2. The fraction of sp³-hybridized carbons (Fsp3) is 0.188. The van der Waals surface area contributed by atoms with Crippen LogP contribution in [0.1, 0.15) is 18.6 Å². The lowest BCUT2D eigenvalue weighted by Gasteiger charge is -2.11. The molecule has 1 heterocycles. The van der Waals surface area contributed by atoms with Crippen LogP contribution in [-0.2, 0) is 4.79 Å². The molecule has 0 aliphatic carbocycles. The molecule has 0 bridgehead atoms. The molecule has 20 heavy (non-hydrogen) atoms. The third-order valence-corrected chi connectivity index (χ3v) is 3.46. The Morgan fingerprint density at radius 1 is 1.20 bits per heavy atom. The quantitative estimate of drug-likeness (QED) is 0.683. The first kappa shape index (κ1) is 12.7. The van der Waals surface area contributed by atoms with Crippen molar-refractivity contribution in [2.24, 2.45) is 0 Å². The van der Waals surface area contributed by atoms with Crippen molar-refractivity contribution in [1.29, 1.82) is 0 Å². The standard InChI is InChI=1S/C16H16N2O2/c1-10(19)17-9-16(20)11-6-7-13-12-4-2-3-5-14(12)18-15(13)8-11/h2-8,16,18,20H,9H2,1H3,(H,17,19)/t16-/m1/s1. The maximum absolute atomic E-state index is 10.9. The van der Waals surface area contributed by atoms with E-state index in [1.54, 1.807) is 0 Å². The van der Waals surface area contributed by atoms with Crippen LogP contribution in [0.3, 0.4) is 0 Å². The Bertz CT molecular complexity index is 776. The molecule has 1 atom stereocenters. The maximum Gasteiger partial charge on any atom is 0.216 e. The Balaban J connectivity index is 1.98. The molecule has 0 radical (unpaired) electrons. The van der Waals surface area contributed by atoms with Crippen LogP contribution in [0.25, 0.3) is 21.8 Å². The van der Waals surface area contributed by atoms with Crippen molar-refractivity contribution >= 4 is 27.7 Å². The van der Waals surface area contributed by atoms with Crippen LogP contribution in [0.15, 0.2) is 42.5 Å². The molecule has 3 aromatic rings. The van der Waals surface area contributed by atoms with Gasteiger partial charge in [-0.15, -0.1) is 0 Å². The Morgan fingerprint density at radius 3 is 2.75 bits per heavy atom. The fourth-order valence-corrected chi connectivity index (χ4v) is 2.44. The van der Waals surface area contributed by atoms with Gasteiger partial charge in [0.05, 0.1) is 6.10 Å². The van der Waals surface area contributed by atoms with Crippen LogP contribution >= 0.6 is 0 Å². The minimum Gasteiger partial charge on any atom is -0.387 e. The van der Waals surface area contributed by atoms with E-state index in [0.717, 1.165) is 22.0 Å². The Labute approximate surface area is 116 Å². The van der Waals surface area contributed by atoms with Gasteiger partial charge in [-0.3, -0.25) is 4.79 Å². The first-order valence-corrected chi connectivity index (χ1v) is 6.58. The predicted molar refractivity (Wildman–Crippen MR) is 79.4 cm³/mol.